The predicted octanol–water partition coefficient (Wildman–Crippen LogP) is 2.98. The molecular weight excluding hydrogens is 238 g/mol. The van der Waals surface area contributed by atoms with Gasteiger partial charge in [-0.25, -0.2) is 0 Å². The Morgan fingerprint density at radius 2 is 2.21 bits per heavy atom. The Hall–Kier alpha value is -1.97. The van der Waals surface area contributed by atoms with Crippen molar-refractivity contribution in [3.63, 3.8) is 0 Å². The van der Waals surface area contributed by atoms with Gasteiger partial charge in [-0.1, -0.05) is 6.92 Å². The van der Waals surface area contributed by atoms with Gasteiger partial charge in [0.15, 0.2) is 5.78 Å². The fourth-order valence-electron chi connectivity index (χ4n) is 1.89. The standard InChI is InChI=1S/C15H19N3O/c1-4-12(3)18-8-6-14(17-18)10-15(19)13-5-7-16-11(2)9-13/h5-9,12H,4,10H2,1-3H3. The fraction of sp³-hybridized carbons (Fsp3) is 0.400. The number of pyridine rings is 1. The summed E-state index contributed by atoms with van der Waals surface area (Å²) < 4.78 is 1.92. The lowest BCUT2D eigenvalue weighted by molar-refractivity contribution is 0.0991. The van der Waals surface area contributed by atoms with E-state index >= 15 is 0 Å². The number of carbonyl (C=O) groups excluding carboxylic acids is 1. The van der Waals surface area contributed by atoms with Crippen molar-refractivity contribution in [2.75, 3.05) is 0 Å². The second kappa shape index (κ2) is 5.78. The lowest BCUT2D eigenvalue weighted by atomic mass is 10.1. The minimum Gasteiger partial charge on any atom is -0.294 e. The number of rotatable bonds is 5. The quantitative estimate of drug-likeness (QED) is 0.774. The van der Waals surface area contributed by atoms with Crippen molar-refractivity contribution < 1.29 is 4.79 Å². The molecule has 0 radical (unpaired) electrons. The minimum atomic E-state index is 0.0832. The van der Waals surface area contributed by atoms with Gasteiger partial charge in [0.25, 0.3) is 0 Å². The maximum absolute atomic E-state index is 12.1. The van der Waals surface area contributed by atoms with Crippen LogP contribution in [0.1, 0.15) is 48.1 Å². The Balaban J connectivity index is 2.09. The van der Waals surface area contributed by atoms with Gasteiger partial charge in [-0.3, -0.25) is 14.5 Å². The van der Waals surface area contributed by atoms with Gasteiger partial charge in [-0.05, 0) is 38.5 Å². The van der Waals surface area contributed by atoms with E-state index in [2.05, 4.69) is 23.9 Å². The van der Waals surface area contributed by atoms with Crippen LogP contribution in [0.2, 0.25) is 0 Å². The first-order valence-electron chi connectivity index (χ1n) is 6.60. The molecule has 0 fully saturated rings. The van der Waals surface area contributed by atoms with Crippen LogP contribution >= 0.6 is 0 Å². The zero-order valence-corrected chi connectivity index (χ0v) is 11.6. The van der Waals surface area contributed by atoms with E-state index in [1.807, 2.05) is 29.9 Å². The minimum absolute atomic E-state index is 0.0832. The van der Waals surface area contributed by atoms with Gasteiger partial charge in [0, 0.05) is 29.7 Å². The SMILES string of the molecule is CCC(C)n1ccc(CC(=O)c2ccnc(C)c2)n1. The average molecular weight is 257 g/mol. The van der Waals surface area contributed by atoms with Crippen LogP contribution < -0.4 is 0 Å². The van der Waals surface area contributed by atoms with Crippen molar-refractivity contribution in [3.05, 3.63) is 47.5 Å². The first-order valence-corrected chi connectivity index (χ1v) is 6.60. The number of nitrogens with zero attached hydrogens (tertiary/aromatic N) is 3. The topological polar surface area (TPSA) is 47.8 Å². The zero-order chi connectivity index (χ0) is 13.8. The summed E-state index contributed by atoms with van der Waals surface area (Å²) in [5.41, 5.74) is 2.38. The van der Waals surface area contributed by atoms with Crippen molar-refractivity contribution in [1.29, 1.82) is 0 Å². The summed E-state index contributed by atoms with van der Waals surface area (Å²) in [5.74, 6) is 0.0832. The van der Waals surface area contributed by atoms with Crippen LogP contribution in [0.25, 0.3) is 0 Å². The molecule has 0 aromatic carbocycles. The summed E-state index contributed by atoms with van der Waals surface area (Å²) in [5, 5.41) is 4.45. The largest absolute Gasteiger partial charge is 0.294 e. The number of hydrogen-bond acceptors (Lipinski definition) is 3. The lowest BCUT2D eigenvalue weighted by Gasteiger charge is -2.08. The van der Waals surface area contributed by atoms with Crippen LogP contribution in [0, 0.1) is 6.92 Å². The molecule has 0 N–H and O–H groups in total. The molecule has 2 heterocycles. The zero-order valence-electron chi connectivity index (χ0n) is 11.6. The van der Waals surface area contributed by atoms with Crippen LogP contribution in [0.15, 0.2) is 30.6 Å². The summed E-state index contributed by atoms with van der Waals surface area (Å²) >= 11 is 0. The van der Waals surface area contributed by atoms with Crippen LogP contribution in [-0.4, -0.2) is 20.5 Å². The van der Waals surface area contributed by atoms with E-state index < -0.39 is 0 Å². The van der Waals surface area contributed by atoms with E-state index in [1.165, 1.54) is 0 Å². The highest BCUT2D eigenvalue weighted by molar-refractivity contribution is 5.97. The normalized spacial score (nSPS) is 12.4. The average Bonchev–Trinajstić information content (AvgIpc) is 2.86. The Bertz CT molecular complexity index is 574. The van der Waals surface area contributed by atoms with E-state index in [4.69, 9.17) is 0 Å². The van der Waals surface area contributed by atoms with Crippen molar-refractivity contribution in [1.82, 2.24) is 14.8 Å². The van der Waals surface area contributed by atoms with E-state index in [0.29, 0.717) is 18.0 Å². The van der Waals surface area contributed by atoms with Gasteiger partial charge >= 0.3 is 0 Å². The molecule has 0 spiro atoms. The van der Waals surface area contributed by atoms with E-state index in [1.54, 1.807) is 12.3 Å². The van der Waals surface area contributed by atoms with Gasteiger partial charge in [-0.15, -0.1) is 0 Å². The molecule has 2 rings (SSSR count). The highest BCUT2D eigenvalue weighted by atomic mass is 16.1. The molecule has 0 saturated carbocycles. The number of Topliss-reactive ketones (excluding diaryl/α,β-unsaturated/α-hetero) is 1. The molecule has 0 amide bonds. The van der Waals surface area contributed by atoms with Crippen LogP contribution in [0.5, 0.6) is 0 Å². The molecule has 1 atom stereocenters. The molecule has 0 aliphatic carbocycles. The molecule has 2 aromatic rings. The lowest BCUT2D eigenvalue weighted by Crippen LogP contribution is -2.08. The maximum Gasteiger partial charge on any atom is 0.169 e. The van der Waals surface area contributed by atoms with Crippen molar-refractivity contribution in [3.8, 4) is 0 Å². The fourth-order valence-corrected chi connectivity index (χ4v) is 1.89. The van der Waals surface area contributed by atoms with E-state index in [-0.39, 0.29) is 5.78 Å². The third kappa shape index (κ3) is 3.28. The number of aryl methyl sites for hydroxylation is 1. The molecular formula is C15H19N3O. The summed E-state index contributed by atoms with van der Waals surface area (Å²) in [6.45, 7) is 6.12. The summed E-state index contributed by atoms with van der Waals surface area (Å²) in [6, 6.07) is 5.85. The summed E-state index contributed by atoms with van der Waals surface area (Å²) in [4.78, 5) is 16.2. The van der Waals surface area contributed by atoms with Crippen LogP contribution in [0.3, 0.4) is 0 Å². The molecule has 0 aliphatic heterocycles. The highest BCUT2D eigenvalue weighted by Gasteiger charge is 2.11. The molecule has 0 saturated heterocycles. The third-order valence-electron chi connectivity index (χ3n) is 3.27. The van der Waals surface area contributed by atoms with Crippen molar-refractivity contribution in [2.24, 2.45) is 0 Å². The molecule has 100 valence electrons. The third-order valence-corrected chi connectivity index (χ3v) is 3.27. The molecule has 2 aromatic heterocycles. The smallest absolute Gasteiger partial charge is 0.169 e. The Morgan fingerprint density at radius 1 is 1.42 bits per heavy atom. The summed E-state index contributed by atoms with van der Waals surface area (Å²) in [7, 11) is 0. The van der Waals surface area contributed by atoms with Gasteiger partial charge in [0.2, 0.25) is 0 Å². The van der Waals surface area contributed by atoms with Gasteiger partial charge in [-0.2, -0.15) is 5.10 Å². The number of hydrogen-bond donors (Lipinski definition) is 0. The Morgan fingerprint density at radius 3 is 2.89 bits per heavy atom. The predicted molar refractivity (Wildman–Crippen MR) is 74.2 cm³/mol. The number of carbonyl (C=O) groups is 1. The number of aromatic nitrogens is 3. The first-order chi connectivity index (χ1) is 9.10. The molecule has 4 heteroatoms. The molecule has 0 bridgehead atoms. The summed E-state index contributed by atoms with van der Waals surface area (Å²) in [6.07, 6.45) is 4.97. The van der Waals surface area contributed by atoms with Gasteiger partial charge < -0.3 is 0 Å². The molecule has 4 nitrogen and oxygen atoms in total. The monoisotopic (exact) mass is 257 g/mol. The molecule has 19 heavy (non-hydrogen) atoms. The second-order valence-corrected chi connectivity index (χ2v) is 4.83. The van der Waals surface area contributed by atoms with Crippen LogP contribution in [-0.2, 0) is 6.42 Å². The van der Waals surface area contributed by atoms with Crippen molar-refractivity contribution >= 4 is 5.78 Å². The molecule has 1 unspecified atom stereocenters. The maximum atomic E-state index is 12.1. The van der Waals surface area contributed by atoms with Gasteiger partial charge in [0.05, 0.1) is 12.1 Å². The van der Waals surface area contributed by atoms with Gasteiger partial charge in [0.1, 0.15) is 0 Å². The van der Waals surface area contributed by atoms with E-state index in [9.17, 15) is 4.79 Å². The van der Waals surface area contributed by atoms with E-state index in [0.717, 1.165) is 17.8 Å². The molecule has 0 aliphatic rings. The van der Waals surface area contributed by atoms with Crippen LogP contribution in [0.4, 0.5) is 0 Å². The Kier molecular flexibility index (Phi) is 4.10. The number of ketones is 1. The first kappa shape index (κ1) is 13.5. The second-order valence-electron chi connectivity index (χ2n) is 4.83. The highest BCUT2D eigenvalue weighted by Crippen LogP contribution is 2.11. The van der Waals surface area contributed by atoms with Crippen molar-refractivity contribution in [2.45, 2.75) is 39.7 Å². The Labute approximate surface area is 113 Å².